The van der Waals surface area contributed by atoms with E-state index in [1.807, 2.05) is 0 Å². The van der Waals surface area contributed by atoms with E-state index in [-0.39, 0.29) is 6.10 Å². The molecule has 23 heavy (non-hydrogen) atoms. The normalized spacial score (nSPS) is 15.6. The van der Waals surface area contributed by atoms with Crippen molar-refractivity contribution in [1.29, 1.82) is 0 Å². The van der Waals surface area contributed by atoms with Crippen molar-refractivity contribution in [3.8, 4) is 0 Å². The maximum absolute atomic E-state index is 6.70. The Balaban J connectivity index is 3.17. The summed E-state index contributed by atoms with van der Waals surface area (Å²) >= 11 is -0.445. The molecular weight excluding hydrogens is 389 g/mol. The quantitative estimate of drug-likeness (QED) is 0.475. The molecule has 1 rings (SSSR count). The zero-order valence-electron chi connectivity index (χ0n) is 16.9. The van der Waals surface area contributed by atoms with Crippen LogP contribution in [0.15, 0.2) is 30.3 Å². The van der Waals surface area contributed by atoms with Gasteiger partial charge in [0.05, 0.1) is 0 Å². The molecule has 1 aromatic carbocycles. The van der Waals surface area contributed by atoms with Crippen LogP contribution in [-0.4, -0.2) is 40.0 Å². The van der Waals surface area contributed by atoms with Gasteiger partial charge >= 0.3 is 155 Å². The molecule has 5 heteroatoms. The Morgan fingerprint density at radius 2 is 1.17 bits per heavy atom. The summed E-state index contributed by atoms with van der Waals surface area (Å²) < 4.78 is 7.30. The molecule has 0 aliphatic heterocycles. The van der Waals surface area contributed by atoms with E-state index in [9.17, 15) is 0 Å². The molecule has 0 aliphatic carbocycles. The molecule has 0 spiro atoms. The number of benzene rings is 1. The molecule has 0 saturated carbocycles. The summed E-state index contributed by atoms with van der Waals surface area (Å²) in [6.07, 6.45) is 0.236. The average molecular weight is 425 g/mol. The van der Waals surface area contributed by atoms with Gasteiger partial charge in [0.25, 0.3) is 0 Å². The van der Waals surface area contributed by atoms with Crippen molar-refractivity contribution in [2.24, 2.45) is 0 Å². The summed E-state index contributed by atoms with van der Waals surface area (Å²) in [4.78, 5) is 0. The Hall–Kier alpha value is 0.374. The van der Waals surface area contributed by atoms with E-state index in [0.29, 0.717) is 3.12 Å². The van der Waals surface area contributed by atoms with E-state index >= 15 is 0 Å². The molecule has 0 saturated heterocycles. The van der Waals surface area contributed by atoms with E-state index < -0.39 is 40.0 Å². The average Bonchev–Trinajstić information content (AvgIpc) is 2.35. The van der Waals surface area contributed by atoms with Crippen LogP contribution in [0.2, 0.25) is 62.0 Å². The van der Waals surface area contributed by atoms with Crippen molar-refractivity contribution < 1.29 is 3.76 Å². The van der Waals surface area contributed by atoms with Crippen molar-refractivity contribution in [2.75, 3.05) is 0 Å². The van der Waals surface area contributed by atoms with Crippen LogP contribution >= 0.6 is 0 Å². The van der Waals surface area contributed by atoms with Crippen LogP contribution in [0.3, 0.4) is 0 Å². The molecule has 0 aromatic heterocycles. The third-order valence-corrected chi connectivity index (χ3v) is 42.7. The summed E-state index contributed by atoms with van der Waals surface area (Å²) in [6.45, 7) is 25.6. The molecule has 1 nitrogen and oxygen atoms in total. The van der Waals surface area contributed by atoms with Gasteiger partial charge in [-0.2, -0.15) is 0 Å². The molecule has 0 bridgehead atoms. The van der Waals surface area contributed by atoms with Gasteiger partial charge in [0, 0.05) is 0 Å². The fourth-order valence-electron chi connectivity index (χ4n) is 4.80. The van der Waals surface area contributed by atoms with E-state index in [0.717, 1.165) is 0 Å². The third kappa shape index (κ3) is 4.51. The van der Waals surface area contributed by atoms with Crippen molar-refractivity contribution in [2.45, 2.75) is 75.1 Å². The van der Waals surface area contributed by atoms with Crippen LogP contribution < -0.4 is 0 Å². The van der Waals surface area contributed by atoms with Crippen LogP contribution in [-0.2, 0) is 3.76 Å². The molecule has 2 radical (unpaired) electrons. The van der Waals surface area contributed by atoms with E-state index in [1.165, 1.54) is 5.56 Å². The van der Waals surface area contributed by atoms with Crippen molar-refractivity contribution >= 4 is 40.0 Å². The Labute approximate surface area is 154 Å². The molecule has 0 heterocycles. The standard InChI is InChI=1S/C18H36GeOSi3/c1-16(17-14-12-11-13-15-17)20-19-18(21(2,3)4,22(5,6)7)23(8,9)10/h11-16H,1-10H3. The van der Waals surface area contributed by atoms with Gasteiger partial charge < -0.3 is 0 Å². The van der Waals surface area contributed by atoms with E-state index in [1.54, 1.807) is 0 Å². The van der Waals surface area contributed by atoms with Crippen LogP contribution in [0.25, 0.3) is 0 Å². The third-order valence-electron chi connectivity index (χ3n) is 5.03. The molecule has 0 fully saturated rings. The fraction of sp³-hybridized carbons (Fsp3) is 0.667. The molecule has 0 amide bonds. The first-order valence-electron chi connectivity index (χ1n) is 8.72. The van der Waals surface area contributed by atoms with Gasteiger partial charge in [0.1, 0.15) is 0 Å². The Kier molecular flexibility index (Phi) is 6.81. The first-order valence-corrected chi connectivity index (χ1v) is 21.1. The van der Waals surface area contributed by atoms with Gasteiger partial charge in [0.15, 0.2) is 0 Å². The van der Waals surface area contributed by atoms with Gasteiger partial charge in [-0.25, -0.2) is 0 Å². The minimum absolute atomic E-state index is 0.236. The zero-order chi connectivity index (χ0) is 18.1. The molecule has 1 atom stereocenters. The van der Waals surface area contributed by atoms with Crippen LogP contribution in [0.5, 0.6) is 0 Å². The summed E-state index contributed by atoms with van der Waals surface area (Å²) in [5.74, 6) is 0. The second-order valence-electron chi connectivity index (χ2n) is 9.77. The Bertz CT molecular complexity index is 462. The van der Waals surface area contributed by atoms with E-state index in [4.69, 9.17) is 3.76 Å². The van der Waals surface area contributed by atoms with Crippen molar-refractivity contribution in [1.82, 2.24) is 0 Å². The Morgan fingerprint density at radius 1 is 0.783 bits per heavy atom. The topological polar surface area (TPSA) is 9.23 Å². The Morgan fingerprint density at radius 3 is 1.52 bits per heavy atom. The number of hydrogen-bond donors (Lipinski definition) is 0. The molecule has 130 valence electrons. The SMILES string of the molecule is CC([O][Ge][C]([Si](C)(C)C)([Si](C)(C)C)[Si](C)(C)C)c1ccccc1. The first kappa shape index (κ1) is 21.4. The van der Waals surface area contributed by atoms with Crippen LogP contribution in [0, 0.1) is 0 Å². The van der Waals surface area contributed by atoms with Gasteiger partial charge in [-0.15, -0.1) is 0 Å². The van der Waals surface area contributed by atoms with E-state index in [2.05, 4.69) is 96.2 Å². The monoisotopic (exact) mass is 426 g/mol. The molecule has 0 aliphatic rings. The predicted molar refractivity (Wildman–Crippen MR) is 114 cm³/mol. The number of hydrogen-bond acceptors (Lipinski definition) is 1. The maximum atomic E-state index is 6.70. The van der Waals surface area contributed by atoms with Crippen molar-refractivity contribution in [3.63, 3.8) is 0 Å². The van der Waals surface area contributed by atoms with Crippen LogP contribution in [0.1, 0.15) is 18.6 Å². The zero-order valence-corrected chi connectivity index (χ0v) is 22.0. The van der Waals surface area contributed by atoms with Gasteiger partial charge in [-0.3, -0.25) is 0 Å². The summed E-state index contributed by atoms with van der Waals surface area (Å²) in [7, 11) is -3.96. The summed E-state index contributed by atoms with van der Waals surface area (Å²) in [5.41, 5.74) is 1.33. The molecule has 1 aromatic rings. The predicted octanol–water partition coefficient (Wildman–Crippen LogP) is 6.17. The minimum atomic E-state index is -1.32. The summed E-state index contributed by atoms with van der Waals surface area (Å²) in [5, 5.41) is 0. The van der Waals surface area contributed by atoms with Crippen molar-refractivity contribution in [3.05, 3.63) is 35.9 Å². The van der Waals surface area contributed by atoms with Gasteiger partial charge in [-0.05, 0) is 0 Å². The molecular formula is C18H36GeOSi3. The second-order valence-corrected chi connectivity index (χ2v) is 32.7. The van der Waals surface area contributed by atoms with Gasteiger partial charge in [-0.1, -0.05) is 0 Å². The van der Waals surface area contributed by atoms with Gasteiger partial charge in [0.2, 0.25) is 0 Å². The second kappa shape index (κ2) is 7.32. The first-order chi connectivity index (χ1) is 10.2. The molecule has 0 N–H and O–H groups in total. The summed E-state index contributed by atoms with van der Waals surface area (Å²) in [6, 6.07) is 10.7. The van der Waals surface area contributed by atoms with Crippen LogP contribution in [0.4, 0.5) is 0 Å². The fourth-order valence-corrected chi connectivity index (χ4v) is 40.4. The molecule has 1 unspecified atom stereocenters. The number of rotatable bonds is 7.